The van der Waals surface area contributed by atoms with Gasteiger partial charge < -0.3 is 5.73 Å². The maximum atomic E-state index is 12.0. The minimum absolute atomic E-state index is 0.270. The summed E-state index contributed by atoms with van der Waals surface area (Å²) in [7, 11) is 0. The fourth-order valence-electron chi connectivity index (χ4n) is 1.85. The number of rotatable bonds is 5. The number of carbonyl (C=O) groups is 3. The van der Waals surface area contributed by atoms with Gasteiger partial charge in [0, 0.05) is 12.3 Å². The normalized spacial score (nSPS) is 15.5. The summed E-state index contributed by atoms with van der Waals surface area (Å²) in [6, 6.07) is 6.76. The van der Waals surface area contributed by atoms with Crippen LogP contribution in [0.15, 0.2) is 24.3 Å². The number of amides is 3. The number of carbonyl (C=O) groups excluding carboxylic acids is 3. The Labute approximate surface area is 115 Å². The van der Waals surface area contributed by atoms with Gasteiger partial charge in [-0.25, -0.2) is 0 Å². The van der Waals surface area contributed by atoms with Crippen LogP contribution in [0.1, 0.15) is 27.6 Å². The summed E-state index contributed by atoms with van der Waals surface area (Å²) in [5.74, 6) is -0.441. The minimum atomic E-state index is -0.396. The Morgan fingerprint density at radius 1 is 1.26 bits per heavy atom. The summed E-state index contributed by atoms with van der Waals surface area (Å²) in [6.07, 6.45) is 0. The maximum absolute atomic E-state index is 12.0. The molecule has 0 spiro atoms. The number of hydrogen-bond acceptors (Lipinski definition) is 4. The van der Waals surface area contributed by atoms with Gasteiger partial charge in [-0.1, -0.05) is 12.1 Å². The van der Waals surface area contributed by atoms with E-state index >= 15 is 0 Å². The standard InChI is InChI=1S/C13H14N2O3S/c1-8(11(14)16)19-7-6-15-12(17)9-4-2-3-5-10(9)13(15)18/h2-5,8H,6-7H2,1H3,(H2,14,16)/t8-/m0/s1. The molecule has 2 rings (SSSR count). The monoisotopic (exact) mass is 278 g/mol. The van der Waals surface area contributed by atoms with Crippen molar-refractivity contribution in [2.24, 2.45) is 5.73 Å². The lowest BCUT2D eigenvalue weighted by Gasteiger charge is -2.14. The van der Waals surface area contributed by atoms with Crippen LogP contribution >= 0.6 is 11.8 Å². The molecule has 0 saturated carbocycles. The predicted octanol–water partition coefficient (Wildman–Crippen LogP) is 0.890. The molecule has 0 unspecified atom stereocenters. The topological polar surface area (TPSA) is 80.5 Å². The number of primary amides is 1. The molecule has 1 aromatic carbocycles. The third-order valence-electron chi connectivity index (χ3n) is 2.96. The van der Waals surface area contributed by atoms with E-state index in [4.69, 9.17) is 5.73 Å². The molecule has 0 aliphatic carbocycles. The first kappa shape index (κ1) is 13.6. The number of nitrogens with two attached hydrogens (primary N) is 1. The lowest BCUT2D eigenvalue weighted by molar-refractivity contribution is -0.117. The molecule has 1 atom stereocenters. The lowest BCUT2D eigenvalue weighted by Crippen LogP contribution is -2.33. The van der Waals surface area contributed by atoms with E-state index in [0.717, 1.165) is 0 Å². The Morgan fingerprint density at radius 2 is 1.79 bits per heavy atom. The molecule has 1 aromatic rings. The summed E-state index contributed by atoms with van der Waals surface area (Å²) in [5.41, 5.74) is 6.04. The molecule has 1 heterocycles. The average molecular weight is 278 g/mol. The first-order valence-electron chi connectivity index (χ1n) is 5.88. The van der Waals surface area contributed by atoms with Crippen LogP contribution in [0.4, 0.5) is 0 Å². The van der Waals surface area contributed by atoms with Gasteiger partial charge in [-0.05, 0) is 19.1 Å². The van der Waals surface area contributed by atoms with Gasteiger partial charge in [0.1, 0.15) is 0 Å². The fraction of sp³-hybridized carbons (Fsp3) is 0.308. The van der Waals surface area contributed by atoms with E-state index in [1.807, 2.05) is 0 Å². The number of hydrogen-bond donors (Lipinski definition) is 1. The van der Waals surface area contributed by atoms with E-state index in [1.54, 1.807) is 31.2 Å². The largest absolute Gasteiger partial charge is 0.369 e. The van der Waals surface area contributed by atoms with E-state index in [2.05, 4.69) is 0 Å². The van der Waals surface area contributed by atoms with E-state index in [-0.39, 0.29) is 23.6 Å². The van der Waals surface area contributed by atoms with Gasteiger partial charge >= 0.3 is 0 Å². The molecule has 2 N–H and O–H groups in total. The number of nitrogens with zero attached hydrogens (tertiary/aromatic N) is 1. The van der Waals surface area contributed by atoms with Crippen LogP contribution in [0.3, 0.4) is 0 Å². The van der Waals surface area contributed by atoms with Crippen LogP contribution in [0, 0.1) is 0 Å². The smallest absolute Gasteiger partial charge is 0.261 e. The van der Waals surface area contributed by atoms with E-state index < -0.39 is 5.91 Å². The molecule has 5 nitrogen and oxygen atoms in total. The summed E-state index contributed by atoms with van der Waals surface area (Å²) < 4.78 is 0. The predicted molar refractivity (Wildman–Crippen MR) is 72.9 cm³/mol. The Balaban J connectivity index is 1.99. The van der Waals surface area contributed by atoms with Crippen molar-refractivity contribution in [2.75, 3.05) is 12.3 Å². The Hall–Kier alpha value is -1.82. The molecule has 0 fully saturated rings. The summed E-state index contributed by atoms with van der Waals surface area (Å²) in [6.45, 7) is 1.99. The van der Waals surface area contributed by atoms with Crippen LogP contribution < -0.4 is 5.73 Å². The molecule has 100 valence electrons. The second kappa shape index (κ2) is 5.44. The number of imide groups is 1. The molecular weight excluding hydrogens is 264 g/mol. The van der Waals surface area contributed by atoms with E-state index in [0.29, 0.717) is 16.9 Å². The molecule has 1 aliphatic rings. The highest BCUT2D eigenvalue weighted by molar-refractivity contribution is 8.00. The Kier molecular flexibility index (Phi) is 3.90. The van der Waals surface area contributed by atoms with Crippen molar-refractivity contribution in [1.29, 1.82) is 0 Å². The quantitative estimate of drug-likeness (QED) is 0.811. The van der Waals surface area contributed by atoms with Crippen molar-refractivity contribution in [3.63, 3.8) is 0 Å². The SMILES string of the molecule is C[C@H](SCCN1C(=O)c2ccccc2C1=O)C(N)=O. The molecule has 0 saturated heterocycles. The van der Waals surface area contributed by atoms with Crippen molar-refractivity contribution < 1.29 is 14.4 Å². The molecule has 19 heavy (non-hydrogen) atoms. The molecule has 0 aromatic heterocycles. The van der Waals surface area contributed by atoms with Gasteiger partial charge in [0.05, 0.1) is 16.4 Å². The number of fused-ring (bicyclic) bond motifs is 1. The zero-order chi connectivity index (χ0) is 14.0. The van der Waals surface area contributed by atoms with Gasteiger partial charge in [0.15, 0.2) is 0 Å². The van der Waals surface area contributed by atoms with Crippen molar-refractivity contribution >= 4 is 29.5 Å². The average Bonchev–Trinajstić information content (AvgIpc) is 2.64. The van der Waals surface area contributed by atoms with Gasteiger partial charge in [0.2, 0.25) is 5.91 Å². The zero-order valence-corrected chi connectivity index (χ0v) is 11.3. The van der Waals surface area contributed by atoms with Crippen LogP contribution in [-0.2, 0) is 4.79 Å². The number of thioether (sulfide) groups is 1. The third kappa shape index (κ3) is 2.63. The Morgan fingerprint density at radius 3 is 2.26 bits per heavy atom. The minimum Gasteiger partial charge on any atom is -0.369 e. The van der Waals surface area contributed by atoms with Gasteiger partial charge in [-0.3, -0.25) is 19.3 Å². The number of benzene rings is 1. The van der Waals surface area contributed by atoms with Gasteiger partial charge in [0.25, 0.3) is 11.8 Å². The Bertz CT molecular complexity index is 509. The van der Waals surface area contributed by atoms with Crippen molar-refractivity contribution in [3.8, 4) is 0 Å². The maximum Gasteiger partial charge on any atom is 0.261 e. The summed E-state index contributed by atoms with van der Waals surface area (Å²) in [4.78, 5) is 36.1. The lowest BCUT2D eigenvalue weighted by atomic mass is 10.1. The van der Waals surface area contributed by atoms with Crippen LogP contribution in [0.25, 0.3) is 0 Å². The van der Waals surface area contributed by atoms with Crippen molar-refractivity contribution in [1.82, 2.24) is 4.90 Å². The molecule has 1 aliphatic heterocycles. The molecular formula is C13H14N2O3S. The second-order valence-corrected chi connectivity index (χ2v) is 5.67. The summed E-state index contributed by atoms with van der Waals surface area (Å²) >= 11 is 1.33. The highest BCUT2D eigenvalue weighted by Crippen LogP contribution is 2.23. The molecule has 0 radical (unpaired) electrons. The fourth-order valence-corrected chi connectivity index (χ4v) is 2.65. The molecule has 6 heteroatoms. The van der Waals surface area contributed by atoms with Crippen molar-refractivity contribution in [2.45, 2.75) is 12.2 Å². The van der Waals surface area contributed by atoms with Crippen LogP contribution in [0.2, 0.25) is 0 Å². The van der Waals surface area contributed by atoms with Gasteiger partial charge in [-0.2, -0.15) is 0 Å². The van der Waals surface area contributed by atoms with Crippen LogP contribution in [0.5, 0.6) is 0 Å². The first-order valence-corrected chi connectivity index (χ1v) is 6.93. The van der Waals surface area contributed by atoms with E-state index in [1.165, 1.54) is 16.7 Å². The second-order valence-electron chi connectivity index (χ2n) is 4.22. The van der Waals surface area contributed by atoms with E-state index in [9.17, 15) is 14.4 Å². The highest BCUT2D eigenvalue weighted by atomic mass is 32.2. The summed E-state index contributed by atoms with van der Waals surface area (Å²) in [5, 5.41) is -0.324. The molecule has 0 bridgehead atoms. The van der Waals surface area contributed by atoms with Crippen molar-refractivity contribution in [3.05, 3.63) is 35.4 Å². The van der Waals surface area contributed by atoms with Crippen LogP contribution in [-0.4, -0.2) is 40.2 Å². The zero-order valence-electron chi connectivity index (χ0n) is 10.5. The third-order valence-corrected chi connectivity index (χ3v) is 4.11. The van der Waals surface area contributed by atoms with Gasteiger partial charge in [-0.15, -0.1) is 11.8 Å². The first-order chi connectivity index (χ1) is 9.02. The molecule has 3 amide bonds. The highest BCUT2D eigenvalue weighted by Gasteiger charge is 2.34.